The maximum atomic E-state index is 10.6. The lowest BCUT2D eigenvalue weighted by Crippen LogP contribution is -2.04. The number of ether oxygens (including phenoxy) is 1. The quantitative estimate of drug-likeness (QED) is 0.785. The fourth-order valence-corrected chi connectivity index (χ4v) is 1.33. The normalized spacial score (nSPS) is 9.67. The largest absolute Gasteiger partial charge is 0.489 e. The van der Waals surface area contributed by atoms with Gasteiger partial charge >= 0.3 is 5.97 Å². The lowest BCUT2D eigenvalue weighted by molar-refractivity contribution is -0.136. The molecule has 3 nitrogen and oxygen atoms in total. The van der Waals surface area contributed by atoms with Gasteiger partial charge in [0, 0.05) is 10.6 Å². The third kappa shape index (κ3) is 3.64. The zero-order valence-electron chi connectivity index (χ0n) is 8.07. The van der Waals surface area contributed by atoms with E-state index in [1.807, 2.05) is 0 Å². The minimum atomic E-state index is -0.916. The first-order valence-corrected chi connectivity index (χ1v) is 4.75. The van der Waals surface area contributed by atoms with E-state index in [4.69, 9.17) is 21.4 Å². The molecule has 4 heteroatoms. The van der Waals surface area contributed by atoms with Crippen molar-refractivity contribution in [2.45, 2.75) is 6.42 Å². The number of benzene rings is 1. The van der Waals surface area contributed by atoms with Crippen molar-refractivity contribution in [3.05, 3.63) is 41.4 Å². The van der Waals surface area contributed by atoms with Crippen LogP contribution in [-0.2, 0) is 11.2 Å². The van der Waals surface area contributed by atoms with E-state index in [1.165, 1.54) is 0 Å². The predicted molar refractivity (Wildman–Crippen MR) is 58.5 cm³/mol. The van der Waals surface area contributed by atoms with Crippen LogP contribution in [0.2, 0.25) is 5.02 Å². The van der Waals surface area contributed by atoms with E-state index in [0.29, 0.717) is 22.9 Å². The number of halogens is 1. The van der Waals surface area contributed by atoms with E-state index < -0.39 is 5.97 Å². The summed E-state index contributed by atoms with van der Waals surface area (Å²) in [5.41, 5.74) is 0.567. The lowest BCUT2D eigenvalue weighted by atomic mass is 10.1. The molecule has 0 fully saturated rings. The molecule has 0 aliphatic heterocycles. The molecule has 0 atom stereocenters. The molecule has 1 N–H and O–H groups in total. The summed E-state index contributed by atoms with van der Waals surface area (Å²) in [4.78, 5) is 10.6. The van der Waals surface area contributed by atoms with E-state index >= 15 is 0 Å². The van der Waals surface area contributed by atoms with Crippen molar-refractivity contribution >= 4 is 17.6 Å². The van der Waals surface area contributed by atoms with Crippen molar-refractivity contribution in [3.63, 3.8) is 0 Å². The van der Waals surface area contributed by atoms with Gasteiger partial charge in [0.25, 0.3) is 0 Å². The number of hydrogen-bond donors (Lipinski definition) is 1. The fraction of sp³-hybridized carbons (Fsp3) is 0.182. The van der Waals surface area contributed by atoms with E-state index in [9.17, 15) is 4.79 Å². The fourth-order valence-electron chi connectivity index (χ4n) is 1.14. The van der Waals surface area contributed by atoms with Gasteiger partial charge in [0.15, 0.2) is 0 Å². The van der Waals surface area contributed by atoms with Crippen LogP contribution in [0.3, 0.4) is 0 Å². The predicted octanol–water partition coefficient (Wildman–Crippen LogP) is 2.53. The van der Waals surface area contributed by atoms with Crippen molar-refractivity contribution in [1.29, 1.82) is 0 Å². The molecule has 80 valence electrons. The smallest absolute Gasteiger partial charge is 0.307 e. The van der Waals surface area contributed by atoms with Crippen LogP contribution in [0.4, 0.5) is 0 Å². The highest BCUT2D eigenvalue weighted by molar-refractivity contribution is 6.30. The Kier molecular flexibility index (Phi) is 4.18. The summed E-state index contributed by atoms with van der Waals surface area (Å²) in [5.74, 6) is -0.387. The average molecular weight is 227 g/mol. The van der Waals surface area contributed by atoms with Crippen molar-refractivity contribution in [3.8, 4) is 5.75 Å². The molecule has 0 aliphatic carbocycles. The highest BCUT2D eigenvalue weighted by Gasteiger charge is 2.08. The summed E-state index contributed by atoms with van der Waals surface area (Å²) in [6, 6.07) is 4.91. The van der Waals surface area contributed by atoms with Crippen LogP contribution < -0.4 is 4.74 Å². The third-order valence-corrected chi connectivity index (χ3v) is 1.96. The molecule has 0 amide bonds. The van der Waals surface area contributed by atoms with Gasteiger partial charge in [0.2, 0.25) is 0 Å². The van der Waals surface area contributed by atoms with E-state index in [2.05, 4.69) is 6.58 Å². The molecule has 0 aliphatic rings. The second-order valence-electron chi connectivity index (χ2n) is 2.92. The van der Waals surface area contributed by atoms with Crippen LogP contribution in [0.15, 0.2) is 30.9 Å². The van der Waals surface area contributed by atoms with Gasteiger partial charge in [0.05, 0.1) is 6.42 Å². The van der Waals surface area contributed by atoms with Crippen LogP contribution in [-0.4, -0.2) is 17.7 Å². The zero-order valence-corrected chi connectivity index (χ0v) is 8.83. The van der Waals surface area contributed by atoms with Gasteiger partial charge < -0.3 is 9.84 Å². The molecule has 1 rings (SSSR count). The van der Waals surface area contributed by atoms with Crippen LogP contribution in [0, 0.1) is 0 Å². The monoisotopic (exact) mass is 226 g/mol. The molecule has 0 radical (unpaired) electrons. The Labute approximate surface area is 92.9 Å². The zero-order chi connectivity index (χ0) is 11.3. The maximum Gasteiger partial charge on any atom is 0.307 e. The molecular weight excluding hydrogens is 216 g/mol. The minimum absolute atomic E-state index is 0.104. The van der Waals surface area contributed by atoms with Crippen molar-refractivity contribution in [2.75, 3.05) is 6.61 Å². The van der Waals surface area contributed by atoms with Crippen LogP contribution in [0.25, 0.3) is 0 Å². The highest BCUT2D eigenvalue weighted by Crippen LogP contribution is 2.23. The SMILES string of the molecule is C=CCOc1ccc(Cl)cc1CC(=O)O. The number of rotatable bonds is 5. The second kappa shape index (κ2) is 5.41. The summed E-state index contributed by atoms with van der Waals surface area (Å²) in [6.07, 6.45) is 1.49. The van der Waals surface area contributed by atoms with Crippen molar-refractivity contribution in [2.24, 2.45) is 0 Å². The standard InChI is InChI=1S/C11H11ClO3/c1-2-5-15-10-4-3-9(12)6-8(10)7-11(13)14/h2-4,6H,1,5,7H2,(H,13,14). The summed E-state index contributed by atoms with van der Waals surface area (Å²) < 4.78 is 5.30. The Morgan fingerprint density at radius 3 is 2.93 bits per heavy atom. The Bertz CT molecular complexity index is 374. The van der Waals surface area contributed by atoms with Gasteiger partial charge in [-0.1, -0.05) is 24.3 Å². The molecule has 0 saturated heterocycles. The van der Waals surface area contributed by atoms with Crippen LogP contribution in [0.5, 0.6) is 5.75 Å². The number of carboxylic acid groups (broad SMARTS) is 1. The second-order valence-corrected chi connectivity index (χ2v) is 3.36. The molecule has 1 aromatic carbocycles. The Morgan fingerprint density at radius 1 is 1.60 bits per heavy atom. The Balaban J connectivity index is 2.91. The van der Waals surface area contributed by atoms with Crippen molar-refractivity contribution < 1.29 is 14.6 Å². The minimum Gasteiger partial charge on any atom is -0.489 e. The third-order valence-electron chi connectivity index (χ3n) is 1.72. The van der Waals surface area contributed by atoms with Gasteiger partial charge in [0.1, 0.15) is 12.4 Å². The first-order valence-electron chi connectivity index (χ1n) is 4.37. The van der Waals surface area contributed by atoms with E-state index in [0.717, 1.165) is 0 Å². The molecule has 0 spiro atoms. The summed E-state index contributed by atoms with van der Waals surface area (Å²) in [7, 11) is 0. The van der Waals surface area contributed by atoms with E-state index in [1.54, 1.807) is 24.3 Å². The number of carbonyl (C=O) groups is 1. The molecular formula is C11H11ClO3. The van der Waals surface area contributed by atoms with Gasteiger partial charge in [-0.15, -0.1) is 0 Å². The number of hydrogen-bond acceptors (Lipinski definition) is 2. The maximum absolute atomic E-state index is 10.6. The summed E-state index contributed by atoms with van der Waals surface area (Å²) in [5, 5.41) is 9.19. The Morgan fingerprint density at radius 2 is 2.33 bits per heavy atom. The average Bonchev–Trinajstić information content (AvgIpc) is 2.16. The van der Waals surface area contributed by atoms with Gasteiger partial charge in [-0.2, -0.15) is 0 Å². The summed E-state index contributed by atoms with van der Waals surface area (Å²) in [6.45, 7) is 3.86. The first-order chi connectivity index (χ1) is 7.13. The number of aliphatic carboxylic acids is 1. The first kappa shape index (κ1) is 11.6. The lowest BCUT2D eigenvalue weighted by Gasteiger charge is -2.08. The Hall–Kier alpha value is -1.48. The summed E-state index contributed by atoms with van der Waals surface area (Å²) >= 11 is 5.77. The van der Waals surface area contributed by atoms with Gasteiger partial charge in [-0.05, 0) is 18.2 Å². The van der Waals surface area contributed by atoms with Gasteiger partial charge in [-0.25, -0.2) is 0 Å². The molecule has 15 heavy (non-hydrogen) atoms. The number of carboxylic acids is 1. The molecule has 0 saturated carbocycles. The van der Waals surface area contributed by atoms with Crippen molar-refractivity contribution in [1.82, 2.24) is 0 Å². The molecule has 0 aromatic heterocycles. The molecule has 0 bridgehead atoms. The van der Waals surface area contributed by atoms with E-state index in [-0.39, 0.29) is 6.42 Å². The van der Waals surface area contributed by atoms with Gasteiger partial charge in [-0.3, -0.25) is 4.79 Å². The highest BCUT2D eigenvalue weighted by atomic mass is 35.5. The van der Waals surface area contributed by atoms with Crippen LogP contribution >= 0.6 is 11.6 Å². The van der Waals surface area contributed by atoms with Crippen LogP contribution in [0.1, 0.15) is 5.56 Å². The topological polar surface area (TPSA) is 46.5 Å². The molecule has 1 aromatic rings. The molecule has 0 heterocycles. The molecule has 0 unspecified atom stereocenters.